The van der Waals surface area contributed by atoms with Gasteiger partial charge in [-0.2, -0.15) is 5.10 Å². The average Bonchev–Trinajstić information content (AvgIpc) is 3.45. The summed E-state index contributed by atoms with van der Waals surface area (Å²) in [6, 6.07) is 10.7. The summed E-state index contributed by atoms with van der Waals surface area (Å²) in [6.45, 7) is 6.47. The van der Waals surface area contributed by atoms with Crippen molar-refractivity contribution in [2.75, 3.05) is 0 Å². The van der Waals surface area contributed by atoms with Gasteiger partial charge < -0.3 is 5.11 Å². The van der Waals surface area contributed by atoms with E-state index in [-0.39, 0.29) is 44.6 Å². The smallest absolute Gasteiger partial charge is 0.271 e. The Balaban J connectivity index is 1.62. The number of nitrogens with zero attached hydrogens (tertiary/aromatic N) is 2. The number of rotatable bonds is 5. The van der Waals surface area contributed by atoms with Crippen LogP contribution >= 0.6 is 15.9 Å². The summed E-state index contributed by atoms with van der Waals surface area (Å²) in [5.74, 6) is -0.385. The molecule has 152 valence electrons. The number of hydrogen-bond donors (Lipinski definition) is 2. The van der Waals surface area contributed by atoms with Gasteiger partial charge >= 0.3 is 0 Å². The Kier molecular flexibility index (Phi) is 5.75. The molecule has 29 heavy (non-hydrogen) atoms. The topological polar surface area (TPSA) is 105 Å². The first-order chi connectivity index (χ1) is 13.6. The van der Waals surface area contributed by atoms with Crippen molar-refractivity contribution in [2.24, 2.45) is 11.0 Å². The second kappa shape index (κ2) is 7.94. The fourth-order valence-electron chi connectivity index (χ4n) is 3.14. The number of hydrazone groups is 1. The van der Waals surface area contributed by atoms with E-state index in [4.69, 9.17) is 0 Å². The molecule has 0 aromatic heterocycles. The van der Waals surface area contributed by atoms with Gasteiger partial charge in [0.15, 0.2) is 0 Å². The van der Waals surface area contributed by atoms with Gasteiger partial charge in [-0.05, 0) is 44.8 Å². The second-order valence-electron chi connectivity index (χ2n) is 8.18. The predicted octanol–water partition coefficient (Wildman–Crippen LogP) is 4.61. The van der Waals surface area contributed by atoms with Gasteiger partial charge in [0.1, 0.15) is 5.75 Å². The van der Waals surface area contributed by atoms with Gasteiger partial charge in [0.05, 0.1) is 15.6 Å². The Labute approximate surface area is 177 Å². The number of nitro benzene ring substituents is 1. The first-order valence-electron chi connectivity index (χ1n) is 9.18. The Morgan fingerprint density at radius 2 is 1.97 bits per heavy atom. The zero-order valence-electron chi connectivity index (χ0n) is 16.3. The summed E-state index contributed by atoms with van der Waals surface area (Å²) in [5.41, 5.74) is 4.86. The third-order valence-electron chi connectivity index (χ3n) is 5.00. The highest BCUT2D eigenvalue weighted by atomic mass is 79.9. The molecule has 7 nitrogen and oxygen atoms in total. The maximum absolute atomic E-state index is 12.3. The van der Waals surface area contributed by atoms with Crippen molar-refractivity contribution in [3.05, 3.63) is 67.7 Å². The molecule has 1 fully saturated rings. The Morgan fingerprint density at radius 3 is 2.55 bits per heavy atom. The van der Waals surface area contributed by atoms with E-state index >= 15 is 0 Å². The molecular weight excluding hydrogens is 438 g/mol. The van der Waals surface area contributed by atoms with Crippen molar-refractivity contribution in [1.29, 1.82) is 0 Å². The molecule has 2 N–H and O–H groups in total. The average molecular weight is 460 g/mol. The lowest BCUT2D eigenvalue weighted by atomic mass is 9.86. The molecule has 1 amide bonds. The first-order valence-corrected chi connectivity index (χ1v) is 9.97. The molecular formula is C21H22BrN3O4. The number of nitrogens with one attached hydrogen (secondary N) is 1. The van der Waals surface area contributed by atoms with Crippen molar-refractivity contribution in [3.8, 4) is 5.75 Å². The van der Waals surface area contributed by atoms with Crippen LogP contribution in [0.1, 0.15) is 49.8 Å². The van der Waals surface area contributed by atoms with Crippen LogP contribution in [0.3, 0.4) is 0 Å². The normalized spacial score (nSPS) is 18.6. The van der Waals surface area contributed by atoms with E-state index in [1.54, 1.807) is 0 Å². The summed E-state index contributed by atoms with van der Waals surface area (Å²) in [4.78, 5) is 22.7. The summed E-state index contributed by atoms with van der Waals surface area (Å²) in [6.07, 6.45) is 1.95. The van der Waals surface area contributed by atoms with Crippen molar-refractivity contribution in [3.63, 3.8) is 0 Å². The number of phenolic OH excluding ortho intramolecular Hbond substituents is 1. The summed E-state index contributed by atoms with van der Waals surface area (Å²) in [7, 11) is 0. The van der Waals surface area contributed by atoms with E-state index in [1.165, 1.54) is 23.9 Å². The molecule has 1 aliphatic carbocycles. The number of carbonyl (C=O) groups is 1. The third-order valence-corrected chi connectivity index (χ3v) is 5.60. The van der Waals surface area contributed by atoms with Gasteiger partial charge in [0, 0.05) is 23.6 Å². The van der Waals surface area contributed by atoms with Crippen LogP contribution in [0, 0.1) is 16.0 Å². The Morgan fingerprint density at radius 1 is 1.31 bits per heavy atom. The maximum atomic E-state index is 12.3. The standard InChI is InChI=1S/C21H22BrN3O4/c1-21(2,3)14-6-4-12(5-7-14)16-10-17(16)20(27)24-23-11-13-8-15(25(28)29)9-18(22)19(13)26/h4-9,11,16-17,26H,10H2,1-3H3,(H,24,27)/b23-11-. The number of non-ortho nitro benzene ring substituents is 1. The molecule has 0 radical (unpaired) electrons. The molecule has 1 saturated carbocycles. The van der Waals surface area contributed by atoms with E-state index in [0.717, 1.165) is 12.0 Å². The van der Waals surface area contributed by atoms with Crippen molar-refractivity contribution >= 4 is 33.7 Å². The summed E-state index contributed by atoms with van der Waals surface area (Å²) >= 11 is 3.07. The molecule has 0 bridgehead atoms. The van der Waals surface area contributed by atoms with Crippen LogP contribution in [0.15, 0.2) is 46.0 Å². The molecule has 2 aromatic carbocycles. The third kappa shape index (κ3) is 4.82. The predicted molar refractivity (Wildman–Crippen MR) is 114 cm³/mol. The van der Waals surface area contributed by atoms with Crippen molar-refractivity contribution < 1.29 is 14.8 Å². The van der Waals surface area contributed by atoms with E-state index in [2.05, 4.69) is 71.5 Å². The number of carbonyl (C=O) groups excluding carboxylic acids is 1. The number of phenols is 1. The fourth-order valence-corrected chi connectivity index (χ4v) is 3.60. The number of amides is 1. The molecule has 2 atom stereocenters. The Hall–Kier alpha value is -2.74. The van der Waals surface area contributed by atoms with Crippen LogP contribution in [0.25, 0.3) is 0 Å². The molecule has 0 heterocycles. The molecule has 8 heteroatoms. The number of nitro groups is 1. The fraction of sp³-hybridized carbons (Fsp3) is 0.333. The van der Waals surface area contributed by atoms with Gasteiger partial charge in [-0.25, -0.2) is 5.43 Å². The lowest BCUT2D eigenvalue weighted by Crippen LogP contribution is -2.20. The Bertz CT molecular complexity index is 981. The monoisotopic (exact) mass is 459 g/mol. The van der Waals surface area contributed by atoms with E-state index in [9.17, 15) is 20.0 Å². The second-order valence-corrected chi connectivity index (χ2v) is 9.03. The lowest BCUT2D eigenvalue weighted by molar-refractivity contribution is -0.385. The first kappa shape index (κ1) is 21.0. The molecule has 2 aromatic rings. The molecule has 0 spiro atoms. The molecule has 0 aliphatic heterocycles. The van der Waals surface area contributed by atoms with Gasteiger partial charge in [0.2, 0.25) is 5.91 Å². The minimum absolute atomic E-state index is 0.0840. The SMILES string of the molecule is CC(C)(C)c1ccc(C2CC2C(=O)N/N=C\c2cc([N+](=O)[O-])cc(Br)c2O)cc1. The van der Waals surface area contributed by atoms with Gasteiger partial charge in [-0.3, -0.25) is 14.9 Å². The quantitative estimate of drug-likeness (QED) is 0.386. The highest BCUT2D eigenvalue weighted by molar-refractivity contribution is 9.10. The van der Waals surface area contributed by atoms with Crippen molar-refractivity contribution in [1.82, 2.24) is 5.43 Å². The highest BCUT2D eigenvalue weighted by Crippen LogP contribution is 2.47. The molecule has 2 unspecified atom stereocenters. The maximum Gasteiger partial charge on any atom is 0.271 e. The van der Waals surface area contributed by atoms with Crippen LogP contribution in [0.2, 0.25) is 0 Å². The number of aromatic hydroxyl groups is 1. The number of hydrogen-bond acceptors (Lipinski definition) is 5. The van der Waals surface area contributed by atoms with E-state index in [1.807, 2.05) is 0 Å². The van der Waals surface area contributed by atoms with Gasteiger partial charge in [0.25, 0.3) is 5.69 Å². The van der Waals surface area contributed by atoms with Crippen LogP contribution in [0.5, 0.6) is 5.75 Å². The van der Waals surface area contributed by atoms with Crippen LogP contribution in [-0.4, -0.2) is 22.2 Å². The van der Waals surface area contributed by atoms with Gasteiger partial charge in [-0.1, -0.05) is 45.0 Å². The van der Waals surface area contributed by atoms with Gasteiger partial charge in [-0.15, -0.1) is 0 Å². The van der Waals surface area contributed by atoms with Crippen LogP contribution in [-0.2, 0) is 10.2 Å². The zero-order chi connectivity index (χ0) is 21.3. The number of halogens is 1. The van der Waals surface area contributed by atoms with E-state index in [0.29, 0.717) is 0 Å². The highest BCUT2D eigenvalue weighted by Gasteiger charge is 2.44. The summed E-state index contributed by atoms with van der Waals surface area (Å²) in [5, 5.41) is 24.8. The lowest BCUT2D eigenvalue weighted by Gasteiger charge is -2.19. The molecule has 1 aliphatic rings. The number of benzene rings is 2. The molecule has 3 rings (SSSR count). The molecule has 0 saturated heterocycles. The van der Waals surface area contributed by atoms with Crippen molar-refractivity contribution in [2.45, 2.75) is 38.5 Å². The van der Waals surface area contributed by atoms with Crippen LogP contribution < -0.4 is 5.43 Å². The van der Waals surface area contributed by atoms with E-state index < -0.39 is 4.92 Å². The summed E-state index contributed by atoms with van der Waals surface area (Å²) < 4.78 is 0.181. The minimum atomic E-state index is -0.570. The largest absolute Gasteiger partial charge is 0.506 e. The van der Waals surface area contributed by atoms with Crippen LogP contribution in [0.4, 0.5) is 5.69 Å². The zero-order valence-corrected chi connectivity index (χ0v) is 17.9. The minimum Gasteiger partial charge on any atom is -0.506 e.